The van der Waals surface area contributed by atoms with Gasteiger partial charge >= 0.3 is 5.97 Å². The van der Waals surface area contributed by atoms with Crippen molar-refractivity contribution in [3.63, 3.8) is 0 Å². The fourth-order valence-electron chi connectivity index (χ4n) is 3.34. The maximum absolute atomic E-state index is 12.9. The topological polar surface area (TPSA) is 82.4 Å². The van der Waals surface area contributed by atoms with Gasteiger partial charge in [-0.1, -0.05) is 23.7 Å². The Morgan fingerprint density at radius 1 is 1.15 bits per heavy atom. The largest absolute Gasteiger partial charge is 0.489 e. The number of amides is 1. The number of benzene rings is 2. The number of fused-ring (bicyclic) bond motifs is 1. The van der Waals surface area contributed by atoms with Crippen LogP contribution in [0.2, 0.25) is 5.02 Å². The van der Waals surface area contributed by atoms with Gasteiger partial charge in [0.2, 0.25) is 0 Å². The lowest BCUT2D eigenvalue weighted by atomic mass is 10.0. The smallest absolute Gasteiger partial charge is 0.320 e. The van der Waals surface area contributed by atoms with Gasteiger partial charge in [-0.15, -0.1) is 11.6 Å². The maximum Gasteiger partial charge on any atom is 0.320 e. The highest BCUT2D eigenvalue weighted by Crippen LogP contribution is 2.33. The normalized spacial score (nSPS) is 11.6. The zero-order valence-corrected chi connectivity index (χ0v) is 20.8. The van der Waals surface area contributed by atoms with Crippen LogP contribution in [0.3, 0.4) is 0 Å². The van der Waals surface area contributed by atoms with Crippen LogP contribution in [0.5, 0.6) is 5.75 Å². The van der Waals surface area contributed by atoms with Crippen molar-refractivity contribution in [1.29, 1.82) is 0 Å². The van der Waals surface area contributed by atoms with E-state index in [0.717, 1.165) is 16.6 Å². The lowest BCUT2D eigenvalue weighted by Gasteiger charge is -2.25. The highest BCUT2D eigenvalue weighted by molar-refractivity contribution is 6.32. The van der Waals surface area contributed by atoms with Gasteiger partial charge in [-0.2, -0.15) is 5.10 Å². The molecule has 0 saturated heterocycles. The van der Waals surface area contributed by atoms with Crippen molar-refractivity contribution in [3.05, 3.63) is 47.1 Å². The molecule has 0 unspecified atom stereocenters. The number of hydrogen-bond donors (Lipinski definition) is 1. The molecule has 3 aromatic rings. The number of aromatic nitrogens is 2. The molecule has 176 valence electrons. The van der Waals surface area contributed by atoms with Crippen molar-refractivity contribution in [2.75, 3.05) is 12.5 Å². The van der Waals surface area contributed by atoms with Crippen molar-refractivity contribution in [1.82, 2.24) is 15.1 Å². The minimum absolute atomic E-state index is 0.00349. The summed E-state index contributed by atoms with van der Waals surface area (Å²) in [5, 5.41) is 8.52. The molecule has 1 aromatic heterocycles. The Hall–Kier alpha value is -2.77. The molecular formula is C24H27Cl2N3O4. The van der Waals surface area contributed by atoms with Gasteiger partial charge in [0.15, 0.2) is 5.69 Å². The number of carbonyl (C=O) groups is 2. The van der Waals surface area contributed by atoms with Crippen molar-refractivity contribution < 1.29 is 19.1 Å². The number of aryl methyl sites for hydroxylation is 1. The van der Waals surface area contributed by atoms with Gasteiger partial charge in [0.25, 0.3) is 5.91 Å². The number of esters is 1. The zero-order valence-electron chi connectivity index (χ0n) is 19.2. The van der Waals surface area contributed by atoms with Crippen LogP contribution in [0.4, 0.5) is 0 Å². The Labute approximate surface area is 202 Å². The van der Waals surface area contributed by atoms with E-state index in [9.17, 15) is 9.59 Å². The highest BCUT2D eigenvalue weighted by Gasteiger charge is 2.26. The van der Waals surface area contributed by atoms with E-state index < -0.39 is 11.5 Å². The van der Waals surface area contributed by atoms with Gasteiger partial charge in [-0.25, -0.2) is 0 Å². The molecule has 0 saturated carbocycles. The number of ether oxygens (including phenoxy) is 2. The van der Waals surface area contributed by atoms with Crippen molar-refractivity contribution in [2.45, 2.75) is 39.3 Å². The molecule has 0 atom stereocenters. The van der Waals surface area contributed by atoms with Gasteiger partial charge in [0, 0.05) is 12.4 Å². The predicted octanol–water partition coefficient (Wildman–Crippen LogP) is 4.97. The third kappa shape index (κ3) is 5.97. The van der Waals surface area contributed by atoms with Crippen LogP contribution in [-0.2, 0) is 16.6 Å². The number of alkyl halides is 1. The molecule has 1 heterocycles. The molecule has 0 aliphatic rings. The maximum atomic E-state index is 12.9. The van der Waals surface area contributed by atoms with Crippen LogP contribution in [0, 0.1) is 0 Å². The van der Waals surface area contributed by atoms with E-state index in [1.54, 1.807) is 25.6 Å². The van der Waals surface area contributed by atoms with Gasteiger partial charge in [0.1, 0.15) is 18.2 Å². The molecule has 2 aromatic carbocycles. The summed E-state index contributed by atoms with van der Waals surface area (Å²) >= 11 is 11.9. The molecule has 0 aliphatic heterocycles. The molecule has 0 spiro atoms. The summed E-state index contributed by atoms with van der Waals surface area (Å²) < 4.78 is 12.4. The molecule has 7 nitrogen and oxygen atoms in total. The Balaban J connectivity index is 1.86. The Morgan fingerprint density at radius 3 is 2.45 bits per heavy atom. The fraction of sp³-hybridized carbons (Fsp3) is 0.375. The molecule has 1 amide bonds. The minimum atomic E-state index is -0.793. The average Bonchev–Trinajstić information content (AvgIpc) is 3.09. The van der Waals surface area contributed by atoms with Crippen LogP contribution in [0.1, 0.15) is 38.2 Å². The van der Waals surface area contributed by atoms with E-state index >= 15 is 0 Å². The molecule has 3 rings (SSSR count). The molecule has 0 fully saturated rings. The third-order valence-electron chi connectivity index (χ3n) is 4.85. The summed E-state index contributed by atoms with van der Waals surface area (Å²) in [6, 6.07) is 11.4. The quantitative estimate of drug-likeness (QED) is 0.355. The number of nitrogens with zero attached hydrogens (tertiary/aromatic N) is 2. The standard InChI is InChI=1S/C24H27Cl2N3O4/c1-14(2)33-20-9-7-15(10-18(20)26)16-6-8-17-19(11-16)29(5)28-22(17)23(31)27-24(3,4)13-32-21(30)12-25/h6-11,14H,12-13H2,1-5H3,(H,27,31). The zero-order chi connectivity index (χ0) is 24.3. The molecule has 0 aliphatic carbocycles. The van der Waals surface area contributed by atoms with E-state index in [0.29, 0.717) is 16.2 Å². The van der Waals surface area contributed by atoms with E-state index in [1.165, 1.54) is 0 Å². The number of carbonyl (C=O) groups excluding carboxylic acids is 2. The van der Waals surface area contributed by atoms with E-state index in [2.05, 4.69) is 10.4 Å². The Bertz CT molecular complexity index is 1190. The number of rotatable bonds is 8. The van der Waals surface area contributed by atoms with Gasteiger partial charge in [-0.05, 0) is 63.1 Å². The SMILES string of the molecule is CC(C)Oc1ccc(-c2ccc3c(C(=O)NC(C)(C)COC(=O)CCl)nn(C)c3c2)cc1Cl. The van der Waals surface area contributed by atoms with Crippen molar-refractivity contribution in [2.24, 2.45) is 7.05 Å². The molecule has 9 heteroatoms. The first kappa shape index (κ1) is 24.9. The number of halogens is 2. The lowest BCUT2D eigenvalue weighted by Crippen LogP contribution is -2.47. The molecular weight excluding hydrogens is 465 g/mol. The van der Waals surface area contributed by atoms with Crippen LogP contribution in [-0.4, -0.2) is 45.8 Å². The second-order valence-corrected chi connectivity index (χ2v) is 9.32. The second-order valence-electron chi connectivity index (χ2n) is 8.65. The van der Waals surface area contributed by atoms with Gasteiger partial charge < -0.3 is 14.8 Å². The van der Waals surface area contributed by atoms with E-state index in [4.69, 9.17) is 32.7 Å². The summed E-state index contributed by atoms with van der Waals surface area (Å²) in [7, 11) is 1.78. The first-order valence-corrected chi connectivity index (χ1v) is 11.4. The first-order chi connectivity index (χ1) is 15.5. The van der Waals surface area contributed by atoms with Crippen LogP contribution < -0.4 is 10.1 Å². The number of nitrogens with one attached hydrogen (secondary N) is 1. The highest BCUT2D eigenvalue weighted by atomic mass is 35.5. The van der Waals surface area contributed by atoms with Crippen LogP contribution >= 0.6 is 23.2 Å². The summed E-state index contributed by atoms with van der Waals surface area (Å²) in [6.07, 6.45) is 0.0288. The number of hydrogen-bond acceptors (Lipinski definition) is 5. The van der Waals surface area contributed by atoms with Crippen molar-refractivity contribution >= 4 is 46.0 Å². The third-order valence-corrected chi connectivity index (χ3v) is 5.36. The predicted molar refractivity (Wildman–Crippen MR) is 130 cm³/mol. The van der Waals surface area contributed by atoms with Crippen molar-refractivity contribution in [3.8, 4) is 16.9 Å². The second kappa shape index (κ2) is 10.0. The van der Waals surface area contributed by atoms with E-state index in [-0.39, 0.29) is 30.2 Å². The van der Waals surface area contributed by atoms with Crippen LogP contribution in [0.25, 0.3) is 22.0 Å². The Kier molecular flexibility index (Phi) is 7.55. The summed E-state index contributed by atoms with van der Waals surface area (Å²) in [5.74, 6) is -0.511. The summed E-state index contributed by atoms with van der Waals surface area (Å²) in [4.78, 5) is 24.3. The van der Waals surface area contributed by atoms with Crippen LogP contribution in [0.15, 0.2) is 36.4 Å². The molecule has 0 bridgehead atoms. The fourth-order valence-corrected chi connectivity index (χ4v) is 3.64. The first-order valence-electron chi connectivity index (χ1n) is 10.5. The summed E-state index contributed by atoms with van der Waals surface area (Å²) in [6.45, 7) is 7.40. The van der Waals surface area contributed by atoms with E-state index in [1.807, 2.05) is 50.2 Å². The summed E-state index contributed by atoms with van der Waals surface area (Å²) in [5.41, 5.74) is 2.15. The lowest BCUT2D eigenvalue weighted by molar-refractivity contribution is -0.142. The molecule has 0 radical (unpaired) electrons. The molecule has 33 heavy (non-hydrogen) atoms. The average molecular weight is 492 g/mol. The van der Waals surface area contributed by atoms with Gasteiger partial charge in [0.05, 0.1) is 22.2 Å². The Morgan fingerprint density at radius 2 is 1.82 bits per heavy atom. The minimum Gasteiger partial charge on any atom is -0.489 e. The molecule has 1 N–H and O–H groups in total. The van der Waals surface area contributed by atoms with Gasteiger partial charge in [-0.3, -0.25) is 14.3 Å². The monoisotopic (exact) mass is 491 g/mol.